The predicted octanol–water partition coefficient (Wildman–Crippen LogP) is 1.53. The number of methoxy groups -OCH3 is 1. The van der Waals surface area contributed by atoms with Crippen LogP contribution in [0.4, 0.5) is 13.2 Å². The molecule has 0 amide bonds. The maximum absolute atomic E-state index is 12.2. The molecule has 0 aliphatic rings. The molecule has 8 heteroatoms. The van der Waals surface area contributed by atoms with Gasteiger partial charge in [0, 0.05) is 6.54 Å². The quantitative estimate of drug-likeness (QED) is 0.838. The molecule has 0 atom stereocenters. The maximum atomic E-state index is 12.2. The smallest absolute Gasteiger partial charge is 0.464 e. The van der Waals surface area contributed by atoms with E-state index < -0.39 is 23.8 Å². The highest BCUT2D eigenvalue weighted by Gasteiger charge is 2.34. The average Bonchev–Trinajstić information content (AvgIpc) is 2.26. The lowest BCUT2D eigenvalue weighted by Gasteiger charge is -2.13. The van der Waals surface area contributed by atoms with Crippen LogP contribution in [0, 0.1) is 6.92 Å². The van der Waals surface area contributed by atoms with E-state index >= 15 is 0 Å². The summed E-state index contributed by atoms with van der Waals surface area (Å²) in [6.07, 6.45) is -4.92. The van der Waals surface area contributed by atoms with Gasteiger partial charge in [-0.3, -0.25) is 0 Å². The van der Waals surface area contributed by atoms with Gasteiger partial charge < -0.3 is 15.2 Å². The molecule has 1 heterocycles. The third kappa shape index (κ3) is 3.33. The van der Waals surface area contributed by atoms with Crippen LogP contribution in [0.15, 0.2) is 6.07 Å². The van der Waals surface area contributed by atoms with Crippen molar-refractivity contribution in [3.8, 4) is 5.75 Å². The molecule has 0 fully saturated rings. The monoisotopic (exact) mass is 264 g/mol. The van der Waals surface area contributed by atoms with Gasteiger partial charge in [-0.15, -0.1) is 13.2 Å². The summed E-state index contributed by atoms with van der Waals surface area (Å²) in [5, 5.41) is 0. The summed E-state index contributed by atoms with van der Waals surface area (Å²) in [6, 6.07) is 1.05. The predicted molar refractivity (Wildman–Crippen MR) is 54.9 cm³/mol. The van der Waals surface area contributed by atoms with E-state index in [9.17, 15) is 18.0 Å². The summed E-state index contributed by atoms with van der Waals surface area (Å²) in [5.41, 5.74) is 5.50. The van der Waals surface area contributed by atoms with Crippen LogP contribution in [0.3, 0.4) is 0 Å². The summed E-state index contributed by atoms with van der Waals surface area (Å²) < 4.78 is 44.6. The van der Waals surface area contributed by atoms with Gasteiger partial charge in [0.05, 0.1) is 12.8 Å². The fraction of sp³-hybridized carbons (Fsp3) is 0.400. The molecule has 1 aromatic rings. The minimum Gasteiger partial charge on any atom is -0.464 e. The summed E-state index contributed by atoms with van der Waals surface area (Å²) >= 11 is 0. The first-order valence-electron chi connectivity index (χ1n) is 4.83. The number of esters is 1. The van der Waals surface area contributed by atoms with Gasteiger partial charge in [0.15, 0.2) is 11.4 Å². The number of alkyl halides is 3. The van der Waals surface area contributed by atoms with Gasteiger partial charge in [-0.1, -0.05) is 0 Å². The Morgan fingerprint density at radius 1 is 1.50 bits per heavy atom. The molecule has 0 saturated carbocycles. The molecule has 1 aromatic heterocycles. The Hall–Kier alpha value is -1.83. The molecule has 1 rings (SSSR count). The second-order valence-corrected chi connectivity index (χ2v) is 3.34. The van der Waals surface area contributed by atoms with Crippen LogP contribution in [0.1, 0.15) is 21.7 Å². The number of aromatic nitrogens is 1. The Bertz CT molecular complexity index is 460. The van der Waals surface area contributed by atoms with Crippen LogP contribution in [0.5, 0.6) is 5.75 Å². The van der Waals surface area contributed by atoms with Gasteiger partial charge >= 0.3 is 12.3 Å². The number of pyridine rings is 1. The lowest BCUT2D eigenvalue weighted by molar-refractivity contribution is -0.274. The van der Waals surface area contributed by atoms with Crippen LogP contribution in [0.25, 0.3) is 0 Å². The summed E-state index contributed by atoms with van der Waals surface area (Å²) in [5.74, 6) is -1.73. The summed E-state index contributed by atoms with van der Waals surface area (Å²) in [7, 11) is 1.03. The number of nitrogens with two attached hydrogens (primary N) is 1. The molecular formula is C10H11F3N2O3. The van der Waals surface area contributed by atoms with E-state index in [1.54, 1.807) is 0 Å². The Morgan fingerprint density at radius 3 is 2.56 bits per heavy atom. The van der Waals surface area contributed by atoms with Crippen LogP contribution < -0.4 is 10.5 Å². The summed E-state index contributed by atoms with van der Waals surface area (Å²) in [4.78, 5) is 15.0. The van der Waals surface area contributed by atoms with Crippen molar-refractivity contribution in [1.82, 2.24) is 4.98 Å². The zero-order valence-electron chi connectivity index (χ0n) is 9.67. The van der Waals surface area contributed by atoms with Crippen molar-refractivity contribution >= 4 is 5.97 Å². The highest BCUT2D eigenvalue weighted by atomic mass is 19.4. The maximum Gasteiger partial charge on any atom is 0.573 e. The van der Waals surface area contributed by atoms with Crippen molar-refractivity contribution in [3.05, 3.63) is 23.0 Å². The SMILES string of the molecule is COC(=O)c1nc(CN)c(C)cc1OC(F)(F)F. The number of carbonyl (C=O) groups is 1. The normalized spacial score (nSPS) is 11.2. The van der Waals surface area contributed by atoms with Crippen molar-refractivity contribution in [2.75, 3.05) is 7.11 Å². The Labute approximate surface area is 101 Å². The van der Waals surface area contributed by atoms with Crippen molar-refractivity contribution in [3.63, 3.8) is 0 Å². The first-order chi connectivity index (χ1) is 8.28. The molecule has 0 aromatic carbocycles. The molecule has 0 saturated heterocycles. The van der Waals surface area contributed by atoms with Gasteiger partial charge in [-0.25, -0.2) is 9.78 Å². The first-order valence-corrected chi connectivity index (χ1v) is 4.83. The molecule has 0 aliphatic heterocycles. The van der Waals surface area contributed by atoms with Crippen molar-refractivity contribution in [2.24, 2.45) is 5.73 Å². The molecule has 0 spiro atoms. The molecule has 2 N–H and O–H groups in total. The highest BCUT2D eigenvalue weighted by molar-refractivity contribution is 5.90. The zero-order chi connectivity index (χ0) is 13.9. The molecular weight excluding hydrogens is 253 g/mol. The number of hydrogen-bond acceptors (Lipinski definition) is 5. The molecule has 18 heavy (non-hydrogen) atoms. The summed E-state index contributed by atoms with van der Waals surface area (Å²) in [6.45, 7) is 1.50. The van der Waals surface area contributed by atoms with Crippen molar-refractivity contribution in [1.29, 1.82) is 0 Å². The van der Waals surface area contributed by atoms with E-state index in [1.165, 1.54) is 6.92 Å². The third-order valence-electron chi connectivity index (χ3n) is 2.08. The Morgan fingerprint density at radius 2 is 2.11 bits per heavy atom. The molecule has 100 valence electrons. The number of nitrogens with zero attached hydrogens (tertiary/aromatic N) is 1. The van der Waals surface area contributed by atoms with E-state index in [0.717, 1.165) is 13.2 Å². The number of rotatable bonds is 3. The van der Waals surface area contributed by atoms with Crippen LogP contribution >= 0.6 is 0 Å². The largest absolute Gasteiger partial charge is 0.573 e. The van der Waals surface area contributed by atoms with Gasteiger partial charge in [0.2, 0.25) is 0 Å². The first kappa shape index (κ1) is 14.2. The molecule has 0 aliphatic carbocycles. The van der Waals surface area contributed by atoms with Gasteiger partial charge in [-0.05, 0) is 18.6 Å². The van der Waals surface area contributed by atoms with E-state index in [0.29, 0.717) is 11.3 Å². The van der Waals surface area contributed by atoms with Gasteiger partial charge in [0.25, 0.3) is 0 Å². The number of aryl methyl sites for hydroxylation is 1. The Kier molecular flexibility index (Phi) is 4.12. The lowest BCUT2D eigenvalue weighted by atomic mass is 10.2. The second-order valence-electron chi connectivity index (χ2n) is 3.34. The second kappa shape index (κ2) is 5.21. The van der Waals surface area contributed by atoms with E-state index in [4.69, 9.17) is 5.73 Å². The fourth-order valence-corrected chi connectivity index (χ4v) is 1.28. The van der Waals surface area contributed by atoms with E-state index in [-0.39, 0.29) is 6.54 Å². The number of hydrogen-bond donors (Lipinski definition) is 1. The molecule has 0 unspecified atom stereocenters. The minimum absolute atomic E-state index is 0.0118. The third-order valence-corrected chi connectivity index (χ3v) is 2.08. The standard InChI is InChI=1S/C10H11F3N2O3/c1-5-3-7(18-10(11,12)13)8(9(16)17-2)15-6(5)4-14/h3H,4,14H2,1-2H3. The Balaban J connectivity index is 3.30. The number of ether oxygens (including phenoxy) is 2. The molecule has 0 bridgehead atoms. The molecule has 0 radical (unpaired) electrons. The highest BCUT2D eigenvalue weighted by Crippen LogP contribution is 2.27. The van der Waals surface area contributed by atoms with Crippen LogP contribution in [0.2, 0.25) is 0 Å². The van der Waals surface area contributed by atoms with Gasteiger partial charge in [-0.2, -0.15) is 0 Å². The van der Waals surface area contributed by atoms with Crippen molar-refractivity contribution in [2.45, 2.75) is 19.8 Å². The minimum atomic E-state index is -4.92. The van der Waals surface area contributed by atoms with Crippen molar-refractivity contribution < 1.29 is 27.4 Å². The number of carbonyl (C=O) groups excluding carboxylic acids is 1. The van der Waals surface area contributed by atoms with E-state index in [2.05, 4.69) is 14.5 Å². The van der Waals surface area contributed by atoms with Gasteiger partial charge in [0.1, 0.15) is 0 Å². The topological polar surface area (TPSA) is 74.4 Å². The van der Waals surface area contributed by atoms with Crippen LogP contribution in [-0.4, -0.2) is 24.4 Å². The average molecular weight is 264 g/mol. The lowest BCUT2D eigenvalue weighted by Crippen LogP contribution is -2.21. The molecule has 5 nitrogen and oxygen atoms in total. The number of halogens is 3. The zero-order valence-corrected chi connectivity index (χ0v) is 9.67. The fourth-order valence-electron chi connectivity index (χ4n) is 1.28. The van der Waals surface area contributed by atoms with Crippen LogP contribution in [-0.2, 0) is 11.3 Å². The van der Waals surface area contributed by atoms with E-state index in [1.807, 2.05) is 0 Å².